The van der Waals surface area contributed by atoms with Crippen LogP contribution >= 0.6 is 0 Å². The summed E-state index contributed by atoms with van der Waals surface area (Å²) in [5.74, 6) is 0. The van der Waals surface area contributed by atoms with Gasteiger partial charge in [-0.3, -0.25) is 14.9 Å². The van der Waals surface area contributed by atoms with Crippen LogP contribution in [0.1, 0.15) is 13.8 Å². The van der Waals surface area contributed by atoms with E-state index in [1.54, 1.807) is 26.0 Å². The number of allylic oxidation sites excluding steroid dienone is 2. The van der Waals surface area contributed by atoms with Gasteiger partial charge in [-0.2, -0.15) is 0 Å². The molecule has 7 nitrogen and oxygen atoms in total. The SMILES string of the molecule is CC(=N)/C(NC=O)=C(/C)Nc1ccc([N+](=O)[O-])cc1. The molecule has 0 unspecified atom stereocenters. The van der Waals surface area contributed by atoms with Crippen molar-refractivity contribution in [2.24, 2.45) is 0 Å². The lowest BCUT2D eigenvalue weighted by Gasteiger charge is -2.12. The molecule has 0 radical (unpaired) electrons. The second-order valence-corrected chi connectivity index (χ2v) is 3.82. The second kappa shape index (κ2) is 6.29. The lowest BCUT2D eigenvalue weighted by atomic mass is 10.2. The van der Waals surface area contributed by atoms with E-state index in [2.05, 4.69) is 10.6 Å². The molecule has 100 valence electrons. The van der Waals surface area contributed by atoms with Gasteiger partial charge in [0.2, 0.25) is 6.41 Å². The first kappa shape index (κ1) is 14.4. The topological polar surface area (TPSA) is 108 Å². The number of rotatable bonds is 6. The summed E-state index contributed by atoms with van der Waals surface area (Å²) in [6, 6.07) is 5.86. The number of carbonyl (C=O) groups is 1. The van der Waals surface area contributed by atoms with Gasteiger partial charge in [-0.15, -0.1) is 0 Å². The first-order valence-corrected chi connectivity index (χ1v) is 5.43. The van der Waals surface area contributed by atoms with Crippen molar-refractivity contribution in [1.82, 2.24) is 5.32 Å². The molecule has 0 saturated carbocycles. The number of hydrogen-bond acceptors (Lipinski definition) is 5. The number of anilines is 1. The Morgan fingerprint density at radius 2 is 1.89 bits per heavy atom. The van der Waals surface area contributed by atoms with Crippen LogP contribution < -0.4 is 10.6 Å². The van der Waals surface area contributed by atoms with E-state index in [4.69, 9.17) is 5.41 Å². The first-order chi connectivity index (χ1) is 8.95. The quantitative estimate of drug-likeness (QED) is 0.315. The number of nitrogens with one attached hydrogen (secondary N) is 3. The normalized spacial score (nSPS) is 11.3. The zero-order chi connectivity index (χ0) is 14.4. The largest absolute Gasteiger partial charge is 0.357 e. The summed E-state index contributed by atoms with van der Waals surface area (Å²) in [4.78, 5) is 20.5. The molecule has 0 fully saturated rings. The molecule has 0 heterocycles. The highest BCUT2D eigenvalue weighted by molar-refractivity contribution is 5.98. The summed E-state index contributed by atoms with van der Waals surface area (Å²) in [6.45, 7) is 3.25. The summed E-state index contributed by atoms with van der Waals surface area (Å²) in [6.07, 6.45) is 0.494. The number of carbonyl (C=O) groups excluding carboxylic acids is 1. The Morgan fingerprint density at radius 3 is 2.32 bits per heavy atom. The van der Waals surface area contributed by atoms with Crippen molar-refractivity contribution in [2.75, 3.05) is 5.32 Å². The Bertz CT molecular complexity index is 534. The van der Waals surface area contributed by atoms with E-state index in [0.717, 1.165) is 0 Å². The van der Waals surface area contributed by atoms with Crippen molar-refractivity contribution >= 4 is 23.5 Å². The Kier molecular flexibility index (Phi) is 4.76. The molecule has 0 atom stereocenters. The third-order valence-electron chi connectivity index (χ3n) is 2.36. The zero-order valence-electron chi connectivity index (χ0n) is 10.6. The van der Waals surface area contributed by atoms with Crippen molar-refractivity contribution < 1.29 is 9.72 Å². The van der Waals surface area contributed by atoms with Crippen LogP contribution in [0.5, 0.6) is 0 Å². The molecular formula is C12H14N4O3. The average molecular weight is 262 g/mol. The molecule has 3 N–H and O–H groups in total. The molecule has 1 rings (SSSR count). The van der Waals surface area contributed by atoms with E-state index >= 15 is 0 Å². The summed E-state index contributed by atoms with van der Waals surface area (Å²) < 4.78 is 0. The molecule has 0 bridgehead atoms. The van der Waals surface area contributed by atoms with Crippen LogP contribution in [-0.4, -0.2) is 17.0 Å². The monoisotopic (exact) mass is 262 g/mol. The molecule has 7 heteroatoms. The van der Waals surface area contributed by atoms with Crippen LogP contribution in [0.25, 0.3) is 0 Å². The van der Waals surface area contributed by atoms with Gasteiger partial charge in [0, 0.05) is 23.5 Å². The number of non-ortho nitro benzene ring substituents is 1. The fraction of sp³-hybridized carbons (Fsp3) is 0.167. The van der Waals surface area contributed by atoms with Crippen LogP contribution in [0.3, 0.4) is 0 Å². The minimum atomic E-state index is -0.479. The van der Waals surface area contributed by atoms with Crippen molar-refractivity contribution in [3.63, 3.8) is 0 Å². The minimum absolute atomic E-state index is 0.00153. The number of amides is 1. The number of benzene rings is 1. The summed E-state index contributed by atoms with van der Waals surface area (Å²) in [5.41, 5.74) is 1.79. The highest BCUT2D eigenvalue weighted by atomic mass is 16.6. The Hall–Kier alpha value is -2.70. The molecule has 1 aromatic rings. The molecule has 0 aliphatic rings. The molecule has 0 aromatic heterocycles. The standard InChI is InChI=1S/C12H14N4O3/c1-8(13)12(14-7-17)9(2)15-10-3-5-11(6-4-10)16(18)19/h3-7,13,15H,1-2H3,(H,14,17)/b12-9+,13-8?. The summed E-state index contributed by atoms with van der Waals surface area (Å²) in [7, 11) is 0. The van der Waals surface area contributed by atoms with Gasteiger partial charge >= 0.3 is 0 Å². The summed E-state index contributed by atoms with van der Waals surface area (Å²) in [5, 5.41) is 23.5. The predicted molar refractivity (Wildman–Crippen MR) is 72.0 cm³/mol. The number of hydrogen-bond donors (Lipinski definition) is 3. The van der Waals surface area contributed by atoms with Crippen LogP contribution in [0.2, 0.25) is 0 Å². The average Bonchev–Trinajstić information content (AvgIpc) is 2.36. The van der Waals surface area contributed by atoms with Crippen LogP contribution in [0, 0.1) is 15.5 Å². The van der Waals surface area contributed by atoms with Gasteiger partial charge in [0.15, 0.2) is 0 Å². The van der Waals surface area contributed by atoms with Gasteiger partial charge < -0.3 is 16.0 Å². The fourth-order valence-corrected chi connectivity index (χ4v) is 1.50. The van der Waals surface area contributed by atoms with E-state index in [0.29, 0.717) is 23.5 Å². The van der Waals surface area contributed by atoms with Crippen molar-refractivity contribution in [2.45, 2.75) is 13.8 Å². The molecule has 0 spiro atoms. The van der Waals surface area contributed by atoms with Gasteiger partial charge in [-0.05, 0) is 26.0 Å². The van der Waals surface area contributed by atoms with Gasteiger partial charge in [-0.25, -0.2) is 0 Å². The van der Waals surface area contributed by atoms with Gasteiger partial charge in [0.05, 0.1) is 16.3 Å². The maximum Gasteiger partial charge on any atom is 0.269 e. The van der Waals surface area contributed by atoms with Crippen LogP contribution in [0.15, 0.2) is 35.7 Å². The van der Waals surface area contributed by atoms with E-state index < -0.39 is 4.92 Å². The fourth-order valence-electron chi connectivity index (χ4n) is 1.50. The molecule has 1 aromatic carbocycles. The zero-order valence-corrected chi connectivity index (χ0v) is 10.6. The van der Waals surface area contributed by atoms with Crippen molar-refractivity contribution in [3.05, 3.63) is 45.8 Å². The Balaban J connectivity index is 2.94. The van der Waals surface area contributed by atoms with Gasteiger partial charge in [0.25, 0.3) is 5.69 Å². The first-order valence-electron chi connectivity index (χ1n) is 5.43. The molecule has 0 aliphatic heterocycles. The third kappa shape index (κ3) is 3.91. The number of nitro groups is 1. The third-order valence-corrected chi connectivity index (χ3v) is 2.36. The minimum Gasteiger partial charge on any atom is -0.357 e. The lowest BCUT2D eigenvalue weighted by molar-refractivity contribution is -0.384. The number of nitrogens with zero attached hydrogens (tertiary/aromatic N) is 1. The smallest absolute Gasteiger partial charge is 0.269 e. The number of nitro benzene ring substituents is 1. The lowest BCUT2D eigenvalue weighted by Crippen LogP contribution is -2.20. The Labute approximate surface area is 110 Å². The van der Waals surface area contributed by atoms with Crippen LogP contribution in [0.4, 0.5) is 11.4 Å². The molecule has 19 heavy (non-hydrogen) atoms. The molecule has 0 aliphatic carbocycles. The molecular weight excluding hydrogens is 248 g/mol. The van der Waals surface area contributed by atoms with E-state index in [1.165, 1.54) is 12.1 Å². The highest BCUT2D eigenvalue weighted by Crippen LogP contribution is 2.17. The molecule has 0 saturated heterocycles. The van der Waals surface area contributed by atoms with Crippen molar-refractivity contribution in [3.8, 4) is 0 Å². The highest BCUT2D eigenvalue weighted by Gasteiger charge is 2.07. The molecule has 1 amide bonds. The van der Waals surface area contributed by atoms with E-state index in [-0.39, 0.29) is 11.4 Å². The van der Waals surface area contributed by atoms with Crippen molar-refractivity contribution in [1.29, 1.82) is 5.41 Å². The summed E-state index contributed by atoms with van der Waals surface area (Å²) >= 11 is 0. The van der Waals surface area contributed by atoms with E-state index in [1.807, 2.05) is 0 Å². The maximum absolute atomic E-state index is 10.5. The van der Waals surface area contributed by atoms with Crippen LogP contribution in [-0.2, 0) is 4.79 Å². The predicted octanol–water partition coefficient (Wildman–Crippen LogP) is 2.02. The maximum atomic E-state index is 10.5. The van der Waals surface area contributed by atoms with Gasteiger partial charge in [0.1, 0.15) is 0 Å². The Morgan fingerprint density at radius 1 is 1.32 bits per heavy atom. The van der Waals surface area contributed by atoms with E-state index in [9.17, 15) is 14.9 Å². The second-order valence-electron chi connectivity index (χ2n) is 3.82. The van der Waals surface area contributed by atoms with Gasteiger partial charge in [-0.1, -0.05) is 0 Å².